The Morgan fingerprint density at radius 2 is 2.15 bits per heavy atom. The Morgan fingerprint density at radius 1 is 1.30 bits per heavy atom. The number of rotatable bonds is 7. The third-order valence-electron chi connectivity index (χ3n) is 3.29. The van der Waals surface area contributed by atoms with E-state index in [0.717, 1.165) is 31.2 Å². The second kappa shape index (κ2) is 7.10. The lowest BCUT2D eigenvalue weighted by atomic mass is 10.1. The fourth-order valence-electron chi connectivity index (χ4n) is 2.14. The highest BCUT2D eigenvalue weighted by atomic mass is 16.5. The summed E-state index contributed by atoms with van der Waals surface area (Å²) in [4.78, 5) is 4.21. The zero-order chi connectivity index (χ0) is 14.4. The van der Waals surface area contributed by atoms with Gasteiger partial charge in [0.25, 0.3) is 0 Å². The van der Waals surface area contributed by atoms with Gasteiger partial charge in [-0.2, -0.15) is 0 Å². The Kier molecular flexibility index (Phi) is 5.18. The van der Waals surface area contributed by atoms with Crippen molar-refractivity contribution in [2.24, 2.45) is 0 Å². The fourth-order valence-corrected chi connectivity index (χ4v) is 2.14. The van der Waals surface area contributed by atoms with E-state index in [1.165, 1.54) is 11.1 Å². The highest BCUT2D eigenvalue weighted by Crippen LogP contribution is 2.20. The van der Waals surface area contributed by atoms with Gasteiger partial charge in [-0.3, -0.25) is 0 Å². The van der Waals surface area contributed by atoms with E-state index in [4.69, 9.17) is 4.74 Å². The molecule has 0 unspecified atom stereocenters. The van der Waals surface area contributed by atoms with Crippen LogP contribution in [0.25, 0.3) is 0 Å². The highest BCUT2D eigenvalue weighted by molar-refractivity contribution is 5.36. The first-order chi connectivity index (χ1) is 9.70. The molecule has 0 spiro atoms. The standard InChI is InChI=1S/C16H23N3O/c1-4-17-12-15-11-13(2)5-6-16(15)20-10-9-19-8-7-18-14(19)3/h5-8,11,17H,4,9-10,12H2,1-3H3. The lowest BCUT2D eigenvalue weighted by molar-refractivity contribution is 0.293. The number of nitrogens with zero attached hydrogens (tertiary/aromatic N) is 2. The van der Waals surface area contributed by atoms with Crippen molar-refractivity contribution in [2.75, 3.05) is 13.2 Å². The first-order valence-corrected chi connectivity index (χ1v) is 7.11. The van der Waals surface area contributed by atoms with Gasteiger partial charge in [-0.15, -0.1) is 0 Å². The summed E-state index contributed by atoms with van der Waals surface area (Å²) >= 11 is 0. The van der Waals surface area contributed by atoms with Gasteiger partial charge in [0.05, 0.1) is 6.54 Å². The molecular weight excluding hydrogens is 250 g/mol. The zero-order valence-corrected chi connectivity index (χ0v) is 12.5. The van der Waals surface area contributed by atoms with Crippen LogP contribution in [0.15, 0.2) is 30.6 Å². The molecule has 108 valence electrons. The van der Waals surface area contributed by atoms with Crippen molar-refractivity contribution in [3.63, 3.8) is 0 Å². The molecule has 1 aromatic heterocycles. The largest absolute Gasteiger partial charge is 0.491 e. The average molecular weight is 273 g/mol. The predicted octanol–water partition coefficient (Wildman–Crippen LogP) is 2.69. The van der Waals surface area contributed by atoms with Gasteiger partial charge in [0, 0.05) is 24.5 Å². The molecule has 1 aromatic carbocycles. The molecule has 0 aliphatic heterocycles. The van der Waals surface area contributed by atoms with Crippen LogP contribution in [0.3, 0.4) is 0 Å². The Bertz CT molecular complexity index is 548. The molecule has 0 amide bonds. The van der Waals surface area contributed by atoms with E-state index in [1.54, 1.807) is 0 Å². The number of aryl methyl sites for hydroxylation is 2. The maximum Gasteiger partial charge on any atom is 0.123 e. The smallest absolute Gasteiger partial charge is 0.123 e. The van der Waals surface area contributed by atoms with E-state index in [2.05, 4.69) is 46.9 Å². The quantitative estimate of drug-likeness (QED) is 0.843. The minimum atomic E-state index is 0.652. The fraction of sp³-hybridized carbons (Fsp3) is 0.438. The minimum Gasteiger partial charge on any atom is -0.491 e. The number of imidazole rings is 1. The topological polar surface area (TPSA) is 39.1 Å². The summed E-state index contributed by atoms with van der Waals surface area (Å²) in [5.41, 5.74) is 2.48. The summed E-state index contributed by atoms with van der Waals surface area (Å²) in [6, 6.07) is 6.33. The van der Waals surface area contributed by atoms with Crippen LogP contribution in [-0.2, 0) is 13.1 Å². The summed E-state index contributed by atoms with van der Waals surface area (Å²) in [6.45, 7) is 9.49. The van der Waals surface area contributed by atoms with Gasteiger partial charge in [0.15, 0.2) is 0 Å². The van der Waals surface area contributed by atoms with E-state index in [9.17, 15) is 0 Å². The number of hydrogen-bond donors (Lipinski definition) is 1. The van der Waals surface area contributed by atoms with Crippen molar-refractivity contribution in [2.45, 2.75) is 33.9 Å². The Hall–Kier alpha value is -1.81. The number of hydrogen-bond acceptors (Lipinski definition) is 3. The predicted molar refractivity (Wildman–Crippen MR) is 81.0 cm³/mol. The van der Waals surface area contributed by atoms with E-state index in [1.807, 2.05) is 19.3 Å². The van der Waals surface area contributed by atoms with Gasteiger partial charge < -0.3 is 14.6 Å². The van der Waals surface area contributed by atoms with Crippen molar-refractivity contribution >= 4 is 0 Å². The summed E-state index contributed by atoms with van der Waals surface area (Å²) in [7, 11) is 0. The molecule has 2 aromatic rings. The molecule has 0 radical (unpaired) electrons. The molecule has 0 atom stereocenters. The lowest BCUT2D eigenvalue weighted by Crippen LogP contribution is -2.14. The number of nitrogens with one attached hydrogen (secondary N) is 1. The molecule has 0 aliphatic carbocycles. The second-order valence-corrected chi connectivity index (χ2v) is 4.91. The second-order valence-electron chi connectivity index (χ2n) is 4.91. The summed E-state index contributed by atoms with van der Waals surface area (Å²) in [5.74, 6) is 1.99. The molecular formula is C16H23N3O. The summed E-state index contributed by atoms with van der Waals surface area (Å²) in [6.07, 6.45) is 3.80. The van der Waals surface area contributed by atoms with Crippen LogP contribution in [0, 0.1) is 13.8 Å². The Balaban J connectivity index is 1.96. The van der Waals surface area contributed by atoms with Gasteiger partial charge in [0.2, 0.25) is 0 Å². The molecule has 0 aliphatic rings. The molecule has 20 heavy (non-hydrogen) atoms. The van der Waals surface area contributed by atoms with Gasteiger partial charge in [-0.05, 0) is 26.5 Å². The van der Waals surface area contributed by atoms with E-state index in [0.29, 0.717) is 6.61 Å². The first kappa shape index (κ1) is 14.6. The average Bonchev–Trinajstić information content (AvgIpc) is 2.84. The van der Waals surface area contributed by atoms with Crippen LogP contribution in [0.4, 0.5) is 0 Å². The van der Waals surface area contributed by atoms with Crippen LogP contribution < -0.4 is 10.1 Å². The van der Waals surface area contributed by atoms with Crippen molar-refractivity contribution < 1.29 is 4.74 Å². The maximum absolute atomic E-state index is 5.93. The molecule has 4 nitrogen and oxygen atoms in total. The normalized spacial score (nSPS) is 10.8. The summed E-state index contributed by atoms with van der Waals surface area (Å²) in [5, 5.41) is 3.35. The van der Waals surface area contributed by atoms with E-state index >= 15 is 0 Å². The number of benzene rings is 1. The molecule has 0 fully saturated rings. The SMILES string of the molecule is CCNCc1cc(C)ccc1OCCn1ccnc1C. The summed E-state index contributed by atoms with van der Waals surface area (Å²) < 4.78 is 8.02. The highest BCUT2D eigenvalue weighted by Gasteiger charge is 2.04. The van der Waals surface area contributed by atoms with Gasteiger partial charge >= 0.3 is 0 Å². The van der Waals surface area contributed by atoms with Crippen LogP contribution >= 0.6 is 0 Å². The number of ether oxygens (including phenoxy) is 1. The molecule has 4 heteroatoms. The molecule has 2 rings (SSSR count). The van der Waals surface area contributed by atoms with Crippen LogP contribution in [-0.4, -0.2) is 22.7 Å². The number of aromatic nitrogens is 2. The molecule has 0 saturated heterocycles. The molecule has 1 N–H and O–H groups in total. The molecule has 1 heterocycles. The van der Waals surface area contributed by atoms with Gasteiger partial charge in [0.1, 0.15) is 18.2 Å². The third kappa shape index (κ3) is 3.84. The monoisotopic (exact) mass is 273 g/mol. The molecule has 0 saturated carbocycles. The van der Waals surface area contributed by atoms with Crippen molar-refractivity contribution in [3.8, 4) is 5.75 Å². The van der Waals surface area contributed by atoms with Crippen molar-refractivity contribution in [1.29, 1.82) is 0 Å². The first-order valence-electron chi connectivity index (χ1n) is 7.11. The van der Waals surface area contributed by atoms with Crippen molar-refractivity contribution in [3.05, 3.63) is 47.5 Å². The van der Waals surface area contributed by atoms with Crippen LogP contribution in [0.5, 0.6) is 5.75 Å². The lowest BCUT2D eigenvalue weighted by Gasteiger charge is -2.13. The third-order valence-corrected chi connectivity index (χ3v) is 3.29. The van der Waals surface area contributed by atoms with E-state index in [-0.39, 0.29) is 0 Å². The molecule has 0 bridgehead atoms. The Morgan fingerprint density at radius 3 is 2.85 bits per heavy atom. The van der Waals surface area contributed by atoms with Crippen LogP contribution in [0.1, 0.15) is 23.9 Å². The zero-order valence-electron chi connectivity index (χ0n) is 12.5. The maximum atomic E-state index is 5.93. The van der Waals surface area contributed by atoms with Gasteiger partial charge in [-0.25, -0.2) is 4.98 Å². The minimum absolute atomic E-state index is 0.652. The Labute approximate surface area is 120 Å². The van der Waals surface area contributed by atoms with Crippen molar-refractivity contribution in [1.82, 2.24) is 14.9 Å². The van der Waals surface area contributed by atoms with Gasteiger partial charge in [-0.1, -0.05) is 24.6 Å². The van der Waals surface area contributed by atoms with E-state index < -0.39 is 0 Å². The van der Waals surface area contributed by atoms with Crippen LogP contribution in [0.2, 0.25) is 0 Å².